The molecule has 2 aromatic rings. The molecule has 7 heteroatoms. The number of hydrogen-bond donors (Lipinski definition) is 2. The number of imide groups is 1. The summed E-state index contributed by atoms with van der Waals surface area (Å²) < 4.78 is 0. The molecular weight excluding hydrogens is 438 g/mol. The number of halogens is 1. The van der Waals surface area contributed by atoms with Gasteiger partial charge in [-0.25, -0.2) is 0 Å². The van der Waals surface area contributed by atoms with Gasteiger partial charge in [0.25, 0.3) is 17.7 Å². The molecule has 1 aliphatic carbocycles. The highest BCUT2D eigenvalue weighted by Crippen LogP contribution is 2.33. The second kappa shape index (κ2) is 9.79. The third-order valence-corrected chi connectivity index (χ3v) is 6.76. The molecule has 1 saturated carbocycles. The molecule has 1 fully saturated rings. The largest absolute Gasteiger partial charge is 0.349 e. The minimum atomic E-state index is -0.446. The monoisotopic (exact) mass is 465 g/mol. The van der Waals surface area contributed by atoms with Gasteiger partial charge in [0.05, 0.1) is 0 Å². The summed E-state index contributed by atoms with van der Waals surface area (Å²) in [4.78, 5) is 40.1. The lowest BCUT2D eigenvalue weighted by molar-refractivity contribution is -0.140. The van der Waals surface area contributed by atoms with Gasteiger partial charge in [-0.2, -0.15) is 0 Å². The van der Waals surface area contributed by atoms with E-state index < -0.39 is 11.8 Å². The van der Waals surface area contributed by atoms with Gasteiger partial charge in [-0.15, -0.1) is 0 Å². The fourth-order valence-corrected chi connectivity index (χ4v) is 4.70. The molecule has 0 saturated heterocycles. The van der Waals surface area contributed by atoms with E-state index >= 15 is 0 Å². The van der Waals surface area contributed by atoms with Crippen LogP contribution in [-0.2, 0) is 16.0 Å². The third-order valence-electron chi connectivity index (χ3n) is 6.40. The minimum absolute atomic E-state index is 0.0734. The maximum absolute atomic E-state index is 13.1. The summed E-state index contributed by atoms with van der Waals surface area (Å²) >= 11 is 6.31. The first kappa shape index (κ1) is 23.1. The molecule has 2 aromatic carbocycles. The van der Waals surface area contributed by atoms with Crippen LogP contribution in [-0.4, -0.2) is 28.7 Å². The number of carbonyl (C=O) groups excluding carboxylic acids is 3. The Kier molecular flexibility index (Phi) is 6.84. The number of aryl methyl sites for hydroxylation is 2. The van der Waals surface area contributed by atoms with Crippen LogP contribution in [0.4, 0.5) is 11.4 Å². The average molecular weight is 466 g/mol. The fraction of sp³-hybridized carbons (Fsp3) is 0.346. The number of nitrogens with one attached hydrogen (secondary N) is 2. The Morgan fingerprint density at radius 1 is 1.03 bits per heavy atom. The van der Waals surface area contributed by atoms with Crippen molar-refractivity contribution in [2.24, 2.45) is 0 Å². The van der Waals surface area contributed by atoms with Gasteiger partial charge < -0.3 is 10.6 Å². The summed E-state index contributed by atoms with van der Waals surface area (Å²) in [5, 5.41) is 5.90. The van der Waals surface area contributed by atoms with Crippen LogP contribution in [0.15, 0.2) is 53.2 Å². The summed E-state index contributed by atoms with van der Waals surface area (Å²) in [6, 6.07) is 12.8. The Morgan fingerprint density at radius 3 is 2.48 bits per heavy atom. The van der Waals surface area contributed by atoms with Crippen LogP contribution < -0.4 is 10.6 Å². The van der Waals surface area contributed by atoms with Gasteiger partial charge in [-0.1, -0.05) is 62.1 Å². The number of nitrogens with zero attached hydrogens (tertiary/aromatic N) is 1. The summed E-state index contributed by atoms with van der Waals surface area (Å²) in [6.07, 6.45) is 5.54. The van der Waals surface area contributed by atoms with Crippen LogP contribution in [0.3, 0.4) is 0 Å². The molecule has 172 valence electrons. The van der Waals surface area contributed by atoms with Gasteiger partial charge in [0, 0.05) is 23.0 Å². The fourth-order valence-electron chi connectivity index (χ4n) is 4.48. The Labute approximate surface area is 199 Å². The molecule has 0 spiro atoms. The molecule has 0 radical (unpaired) electrons. The molecule has 1 aliphatic heterocycles. The molecule has 2 aliphatic rings. The van der Waals surface area contributed by atoms with E-state index in [0.29, 0.717) is 11.3 Å². The van der Waals surface area contributed by atoms with E-state index in [1.807, 2.05) is 38.1 Å². The quantitative estimate of drug-likeness (QED) is 0.562. The standard InChI is InChI=1S/C26H28ClN3O3/c1-3-17-9-7-8-12-20(17)29-24(31)18-14-13-16(2)21(15-18)28-23-22(27)25(32)30(26(23)33)19-10-5-4-6-11-19/h7-9,12-15,19,28H,3-6,10-11H2,1-2H3,(H,29,31). The second-order valence-electron chi connectivity index (χ2n) is 8.58. The maximum atomic E-state index is 13.1. The van der Waals surface area contributed by atoms with Gasteiger partial charge in [0.15, 0.2) is 0 Å². The molecule has 0 bridgehead atoms. The van der Waals surface area contributed by atoms with Crippen molar-refractivity contribution in [1.82, 2.24) is 4.90 Å². The van der Waals surface area contributed by atoms with Crippen molar-refractivity contribution in [3.63, 3.8) is 0 Å². The zero-order chi connectivity index (χ0) is 23.5. The molecule has 33 heavy (non-hydrogen) atoms. The molecule has 2 N–H and O–H groups in total. The molecule has 4 rings (SSSR count). The third kappa shape index (κ3) is 4.67. The SMILES string of the molecule is CCc1ccccc1NC(=O)c1ccc(C)c(NC2=C(Cl)C(=O)N(C3CCCCC3)C2=O)c1. The van der Waals surface area contributed by atoms with Crippen molar-refractivity contribution in [2.45, 2.75) is 58.4 Å². The second-order valence-corrected chi connectivity index (χ2v) is 8.96. The van der Waals surface area contributed by atoms with Crippen LogP contribution >= 0.6 is 11.6 Å². The number of amides is 3. The molecular formula is C26H28ClN3O3. The average Bonchev–Trinajstić information content (AvgIpc) is 3.04. The van der Waals surface area contributed by atoms with Crippen molar-refractivity contribution in [2.75, 3.05) is 10.6 Å². The molecule has 0 atom stereocenters. The van der Waals surface area contributed by atoms with Crippen molar-refractivity contribution < 1.29 is 14.4 Å². The Morgan fingerprint density at radius 2 is 1.76 bits per heavy atom. The molecule has 0 unspecified atom stereocenters. The highest BCUT2D eigenvalue weighted by atomic mass is 35.5. The van der Waals surface area contributed by atoms with E-state index in [4.69, 9.17) is 11.6 Å². The summed E-state index contributed by atoms with van der Waals surface area (Å²) in [6.45, 7) is 3.90. The summed E-state index contributed by atoms with van der Waals surface area (Å²) in [5.74, 6) is -1.10. The topological polar surface area (TPSA) is 78.5 Å². The van der Waals surface area contributed by atoms with Gasteiger partial charge >= 0.3 is 0 Å². The highest BCUT2D eigenvalue weighted by molar-refractivity contribution is 6.48. The molecule has 0 aromatic heterocycles. The lowest BCUT2D eigenvalue weighted by Gasteiger charge is -2.29. The van der Waals surface area contributed by atoms with E-state index in [1.54, 1.807) is 18.2 Å². The number of rotatable bonds is 6. The predicted molar refractivity (Wildman–Crippen MR) is 130 cm³/mol. The smallest absolute Gasteiger partial charge is 0.279 e. The van der Waals surface area contributed by atoms with E-state index in [-0.39, 0.29) is 22.7 Å². The lowest BCUT2D eigenvalue weighted by Crippen LogP contribution is -2.42. The van der Waals surface area contributed by atoms with Crippen molar-refractivity contribution >= 4 is 40.7 Å². The van der Waals surface area contributed by atoms with Crippen LogP contribution in [0, 0.1) is 6.92 Å². The lowest BCUT2D eigenvalue weighted by atomic mass is 9.94. The highest BCUT2D eigenvalue weighted by Gasteiger charge is 2.42. The van der Waals surface area contributed by atoms with E-state index in [0.717, 1.165) is 55.3 Å². The first-order chi connectivity index (χ1) is 15.9. The minimum Gasteiger partial charge on any atom is -0.349 e. The maximum Gasteiger partial charge on any atom is 0.279 e. The van der Waals surface area contributed by atoms with Gasteiger partial charge in [0.2, 0.25) is 0 Å². The van der Waals surface area contributed by atoms with Crippen LogP contribution in [0.25, 0.3) is 0 Å². The van der Waals surface area contributed by atoms with Crippen molar-refractivity contribution in [3.8, 4) is 0 Å². The van der Waals surface area contributed by atoms with Gasteiger partial charge in [-0.3, -0.25) is 19.3 Å². The van der Waals surface area contributed by atoms with Crippen molar-refractivity contribution in [1.29, 1.82) is 0 Å². The normalized spacial score (nSPS) is 17.0. The first-order valence-electron chi connectivity index (χ1n) is 11.4. The Hall–Kier alpha value is -3.12. The number of para-hydroxylation sites is 1. The number of anilines is 2. The van der Waals surface area contributed by atoms with Crippen LogP contribution in [0.1, 0.15) is 60.5 Å². The first-order valence-corrected chi connectivity index (χ1v) is 11.8. The Bertz CT molecular complexity index is 1140. The molecule has 1 heterocycles. The number of hydrogen-bond acceptors (Lipinski definition) is 4. The number of carbonyl (C=O) groups is 3. The molecule has 3 amide bonds. The molecule has 6 nitrogen and oxygen atoms in total. The Balaban J connectivity index is 1.55. The zero-order valence-electron chi connectivity index (χ0n) is 18.9. The zero-order valence-corrected chi connectivity index (χ0v) is 19.7. The predicted octanol–water partition coefficient (Wildman–Crippen LogP) is 5.37. The van der Waals surface area contributed by atoms with E-state index in [2.05, 4.69) is 10.6 Å². The van der Waals surface area contributed by atoms with Crippen LogP contribution in [0.5, 0.6) is 0 Å². The summed E-state index contributed by atoms with van der Waals surface area (Å²) in [5.41, 5.74) is 3.72. The summed E-state index contributed by atoms with van der Waals surface area (Å²) in [7, 11) is 0. The number of benzene rings is 2. The van der Waals surface area contributed by atoms with Crippen LogP contribution in [0.2, 0.25) is 0 Å². The van der Waals surface area contributed by atoms with Gasteiger partial charge in [0.1, 0.15) is 10.7 Å². The van der Waals surface area contributed by atoms with E-state index in [9.17, 15) is 14.4 Å². The van der Waals surface area contributed by atoms with Crippen molar-refractivity contribution in [3.05, 3.63) is 69.9 Å². The van der Waals surface area contributed by atoms with Gasteiger partial charge in [-0.05, 0) is 55.5 Å². The van der Waals surface area contributed by atoms with E-state index in [1.165, 1.54) is 4.90 Å².